The fraction of sp³-hybridized carbons (Fsp3) is 0.214. The number of rotatable bonds is 5. The lowest BCUT2D eigenvalue weighted by molar-refractivity contribution is 0.102. The monoisotopic (exact) mass is 334 g/mol. The van der Waals surface area contributed by atoms with Crippen LogP contribution < -0.4 is 10.6 Å². The van der Waals surface area contributed by atoms with E-state index in [4.69, 9.17) is 0 Å². The minimum absolute atomic E-state index is 0.279. The van der Waals surface area contributed by atoms with Crippen molar-refractivity contribution in [1.29, 1.82) is 0 Å². The molecular formula is C14H15BrN4O. The second-order valence-corrected chi connectivity index (χ2v) is 5.00. The summed E-state index contributed by atoms with van der Waals surface area (Å²) in [6.07, 6.45) is 4.03. The zero-order valence-electron chi connectivity index (χ0n) is 11.1. The summed E-state index contributed by atoms with van der Waals surface area (Å²) >= 11 is 3.38. The summed E-state index contributed by atoms with van der Waals surface area (Å²) in [5.74, 6) is 0.316. The smallest absolute Gasteiger partial charge is 0.275 e. The summed E-state index contributed by atoms with van der Waals surface area (Å²) in [7, 11) is 0. The number of carbonyl (C=O) groups excluding carboxylic acids is 1. The molecule has 0 spiro atoms. The summed E-state index contributed by atoms with van der Waals surface area (Å²) in [4.78, 5) is 20.4. The molecule has 0 bridgehead atoms. The van der Waals surface area contributed by atoms with Gasteiger partial charge in [-0.1, -0.05) is 19.1 Å². The highest BCUT2D eigenvalue weighted by molar-refractivity contribution is 9.10. The normalized spacial score (nSPS) is 10.1. The molecule has 104 valence electrons. The molecule has 6 heteroatoms. The van der Waals surface area contributed by atoms with Crippen LogP contribution in [0, 0.1) is 0 Å². The van der Waals surface area contributed by atoms with Crippen LogP contribution in [0.2, 0.25) is 0 Å². The number of halogens is 1. The van der Waals surface area contributed by atoms with E-state index in [0.29, 0.717) is 11.5 Å². The van der Waals surface area contributed by atoms with E-state index in [2.05, 4.69) is 43.5 Å². The first kappa shape index (κ1) is 14.5. The topological polar surface area (TPSA) is 66.9 Å². The molecule has 1 amide bonds. The molecule has 1 heterocycles. The number of amides is 1. The number of para-hydroxylation sites is 1. The molecule has 0 saturated carbocycles. The van der Waals surface area contributed by atoms with Crippen LogP contribution in [0.25, 0.3) is 0 Å². The van der Waals surface area contributed by atoms with Crippen LogP contribution in [0.1, 0.15) is 23.8 Å². The summed E-state index contributed by atoms with van der Waals surface area (Å²) in [5.41, 5.74) is 0.980. The SMILES string of the molecule is CCCNc1cncc(C(=O)Nc2ccccc2Br)n1. The van der Waals surface area contributed by atoms with Gasteiger partial charge in [0.05, 0.1) is 18.1 Å². The van der Waals surface area contributed by atoms with Crippen molar-refractivity contribution in [3.8, 4) is 0 Å². The average Bonchev–Trinajstić information content (AvgIpc) is 2.48. The lowest BCUT2D eigenvalue weighted by Gasteiger charge is -2.08. The van der Waals surface area contributed by atoms with Crippen LogP contribution in [-0.2, 0) is 0 Å². The van der Waals surface area contributed by atoms with Crippen LogP contribution in [0.4, 0.5) is 11.5 Å². The highest BCUT2D eigenvalue weighted by atomic mass is 79.9. The molecule has 20 heavy (non-hydrogen) atoms. The maximum absolute atomic E-state index is 12.1. The predicted molar refractivity (Wildman–Crippen MR) is 82.9 cm³/mol. The highest BCUT2D eigenvalue weighted by Crippen LogP contribution is 2.21. The molecule has 0 aliphatic carbocycles. The van der Waals surface area contributed by atoms with E-state index in [1.807, 2.05) is 24.3 Å². The third-order valence-corrected chi connectivity index (χ3v) is 3.24. The van der Waals surface area contributed by atoms with E-state index in [1.165, 1.54) is 6.20 Å². The molecule has 0 aliphatic heterocycles. The van der Waals surface area contributed by atoms with Crippen molar-refractivity contribution >= 4 is 33.3 Å². The van der Waals surface area contributed by atoms with Crippen LogP contribution in [0.3, 0.4) is 0 Å². The van der Waals surface area contributed by atoms with E-state index < -0.39 is 0 Å². The fourth-order valence-corrected chi connectivity index (χ4v) is 1.95. The van der Waals surface area contributed by atoms with E-state index in [9.17, 15) is 4.79 Å². The molecule has 0 unspecified atom stereocenters. The molecular weight excluding hydrogens is 320 g/mol. The Hall–Kier alpha value is -1.95. The van der Waals surface area contributed by atoms with Gasteiger partial charge < -0.3 is 10.6 Å². The van der Waals surface area contributed by atoms with Crippen molar-refractivity contribution in [2.75, 3.05) is 17.2 Å². The minimum atomic E-state index is -0.287. The maximum Gasteiger partial charge on any atom is 0.275 e. The largest absolute Gasteiger partial charge is 0.369 e. The molecule has 2 rings (SSSR count). The molecule has 1 aromatic carbocycles. The predicted octanol–water partition coefficient (Wildman–Crippen LogP) is 3.31. The first-order valence-electron chi connectivity index (χ1n) is 6.32. The fourth-order valence-electron chi connectivity index (χ4n) is 1.56. The van der Waals surface area contributed by atoms with Gasteiger partial charge in [-0.2, -0.15) is 0 Å². The maximum atomic E-state index is 12.1. The van der Waals surface area contributed by atoms with Gasteiger partial charge in [0, 0.05) is 11.0 Å². The third-order valence-electron chi connectivity index (χ3n) is 2.55. The molecule has 1 aromatic heterocycles. The number of hydrogen-bond donors (Lipinski definition) is 2. The number of aromatic nitrogens is 2. The minimum Gasteiger partial charge on any atom is -0.369 e. The first-order chi connectivity index (χ1) is 9.70. The molecule has 0 atom stereocenters. The Kier molecular flexibility index (Phi) is 5.06. The molecule has 0 fully saturated rings. The lowest BCUT2D eigenvalue weighted by Crippen LogP contribution is -2.15. The van der Waals surface area contributed by atoms with Gasteiger partial charge in [-0.25, -0.2) is 4.98 Å². The van der Waals surface area contributed by atoms with Gasteiger partial charge in [-0.15, -0.1) is 0 Å². The lowest BCUT2D eigenvalue weighted by atomic mass is 10.3. The summed E-state index contributed by atoms with van der Waals surface area (Å²) in [6.45, 7) is 2.86. The van der Waals surface area contributed by atoms with E-state index >= 15 is 0 Å². The van der Waals surface area contributed by atoms with Crippen molar-refractivity contribution in [2.45, 2.75) is 13.3 Å². The van der Waals surface area contributed by atoms with Crippen molar-refractivity contribution in [1.82, 2.24) is 9.97 Å². The number of nitrogens with one attached hydrogen (secondary N) is 2. The van der Waals surface area contributed by atoms with Gasteiger partial charge in [-0.05, 0) is 34.5 Å². The molecule has 0 radical (unpaired) electrons. The van der Waals surface area contributed by atoms with Crippen LogP contribution in [0.15, 0.2) is 41.1 Å². The Labute approximate surface area is 126 Å². The molecule has 0 saturated heterocycles. The van der Waals surface area contributed by atoms with Crippen molar-refractivity contribution in [3.63, 3.8) is 0 Å². The summed E-state index contributed by atoms with van der Waals surface area (Å²) < 4.78 is 0.821. The Morgan fingerprint density at radius 3 is 2.85 bits per heavy atom. The molecule has 2 aromatic rings. The van der Waals surface area contributed by atoms with E-state index in [0.717, 1.165) is 17.4 Å². The number of benzene rings is 1. The summed E-state index contributed by atoms with van der Waals surface area (Å²) in [6, 6.07) is 7.41. The Balaban J connectivity index is 2.11. The number of carbonyl (C=O) groups is 1. The van der Waals surface area contributed by atoms with Gasteiger partial charge in [0.2, 0.25) is 0 Å². The quantitative estimate of drug-likeness (QED) is 0.880. The summed E-state index contributed by atoms with van der Waals surface area (Å²) in [5, 5.41) is 5.90. The average molecular weight is 335 g/mol. The molecule has 2 N–H and O–H groups in total. The van der Waals surface area contributed by atoms with Crippen LogP contribution in [-0.4, -0.2) is 22.4 Å². The first-order valence-corrected chi connectivity index (χ1v) is 7.12. The van der Waals surface area contributed by atoms with Crippen LogP contribution >= 0.6 is 15.9 Å². The number of anilines is 2. The van der Waals surface area contributed by atoms with Crippen molar-refractivity contribution < 1.29 is 4.79 Å². The Bertz CT molecular complexity index is 603. The Morgan fingerprint density at radius 1 is 1.30 bits per heavy atom. The zero-order chi connectivity index (χ0) is 14.4. The standard InChI is InChI=1S/C14H15BrN4O/c1-2-7-17-13-9-16-8-12(18-13)14(20)19-11-6-4-3-5-10(11)15/h3-6,8-9H,2,7H2,1H3,(H,17,18)(H,19,20). The van der Waals surface area contributed by atoms with Gasteiger partial charge in [0.1, 0.15) is 11.5 Å². The van der Waals surface area contributed by atoms with Crippen molar-refractivity contribution in [3.05, 3.63) is 46.8 Å². The van der Waals surface area contributed by atoms with Crippen LogP contribution in [0.5, 0.6) is 0 Å². The van der Waals surface area contributed by atoms with E-state index in [-0.39, 0.29) is 11.6 Å². The molecule has 5 nitrogen and oxygen atoms in total. The van der Waals surface area contributed by atoms with Gasteiger partial charge >= 0.3 is 0 Å². The highest BCUT2D eigenvalue weighted by Gasteiger charge is 2.10. The Morgan fingerprint density at radius 2 is 2.10 bits per heavy atom. The number of nitrogens with zero attached hydrogens (tertiary/aromatic N) is 2. The molecule has 0 aliphatic rings. The van der Waals surface area contributed by atoms with Gasteiger partial charge in [0.15, 0.2) is 0 Å². The number of hydrogen-bond acceptors (Lipinski definition) is 4. The second kappa shape index (κ2) is 7.00. The van der Waals surface area contributed by atoms with Gasteiger partial charge in [0.25, 0.3) is 5.91 Å². The van der Waals surface area contributed by atoms with Gasteiger partial charge in [-0.3, -0.25) is 9.78 Å². The third kappa shape index (κ3) is 3.77. The van der Waals surface area contributed by atoms with E-state index in [1.54, 1.807) is 6.20 Å². The van der Waals surface area contributed by atoms with Crippen molar-refractivity contribution in [2.24, 2.45) is 0 Å². The second-order valence-electron chi connectivity index (χ2n) is 4.15. The zero-order valence-corrected chi connectivity index (χ0v) is 12.6.